The molecule has 0 saturated heterocycles. The third-order valence-corrected chi connectivity index (χ3v) is 3.18. The molecule has 0 aromatic heterocycles. The Morgan fingerprint density at radius 1 is 1.16 bits per heavy atom. The van der Waals surface area contributed by atoms with E-state index in [2.05, 4.69) is 31.3 Å². The first-order valence-corrected chi connectivity index (χ1v) is 6.76. The van der Waals surface area contributed by atoms with Crippen LogP contribution in [-0.2, 0) is 22.7 Å². The largest absolute Gasteiger partial charge is 0.347 e. The van der Waals surface area contributed by atoms with Gasteiger partial charge in [0.05, 0.1) is 13.2 Å². The van der Waals surface area contributed by atoms with Gasteiger partial charge in [-0.15, -0.1) is 12.4 Å². The van der Waals surface area contributed by atoms with Crippen LogP contribution < -0.4 is 5.32 Å². The van der Waals surface area contributed by atoms with Crippen LogP contribution in [0.15, 0.2) is 24.3 Å². The zero-order valence-electron chi connectivity index (χ0n) is 11.7. The minimum Gasteiger partial charge on any atom is -0.347 e. The zero-order chi connectivity index (χ0) is 12.8. The maximum Gasteiger partial charge on any atom is 0.170 e. The quantitative estimate of drug-likeness (QED) is 0.843. The summed E-state index contributed by atoms with van der Waals surface area (Å²) in [6.45, 7) is 7.54. The minimum atomic E-state index is -0.135. The molecule has 19 heavy (non-hydrogen) atoms. The van der Waals surface area contributed by atoms with Gasteiger partial charge < -0.3 is 14.8 Å². The van der Waals surface area contributed by atoms with E-state index in [4.69, 9.17) is 9.47 Å². The first-order chi connectivity index (χ1) is 8.75. The van der Waals surface area contributed by atoms with E-state index in [1.165, 1.54) is 17.5 Å². The molecule has 0 radical (unpaired) electrons. The highest BCUT2D eigenvalue weighted by Gasteiger charge is 2.15. The lowest BCUT2D eigenvalue weighted by atomic mass is 10.1. The standard InChI is InChI=1S/C15H23NO2.ClH/c1-12(2)7-8-16-9-15-17-10-13-5-3-4-6-14(13)11-18-15;/h3-6,12,15-16H,7-11H2,1-2H3;1H. The Labute approximate surface area is 122 Å². The van der Waals surface area contributed by atoms with Crippen molar-refractivity contribution in [3.8, 4) is 0 Å². The lowest BCUT2D eigenvalue weighted by Crippen LogP contribution is -2.31. The summed E-state index contributed by atoms with van der Waals surface area (Å²) in [6.07, 6.45) is 1.05. The highest BCUT2D eigenvalue weighted by atomic mass is 35.5. The zero-order valence-corrected chi connectivity index (χ0v) is 12.5. The van der Waals surface area contributed by atoms with Gasteiger partial charge >= 0.3 is 0 Å². The number of benzene rings is 1. The van der Waals surface area contributed by atoms with Crippen molar-refractivity contribution in [2.24, 2.45) is 5.92 Å². The lowest BCUT2D eigenvalue weighted by molar-refractivity contribution is -0.145. The van der Waals surface area contributed by atoms with Gasteiger partial charge in [-0.3, -0.25) is 0 Å². The molecule has 0 saturated carbocycles. The van der Waals surface area contributed by atoms with E-state index in [9.17, 15) is 0 Å². The fourth-order valence-electron chi connectivity index (χ4n) is 1.98. The number of hydrogen-bond acceptors (Lipinski definition) is 3. The van der Waals surface area contributed by atoms with Crippen molar-refractivity contribution < 1.29 is 9.47 Å². The van der Waals surface area contributed by atoms with Crippen molar-refractivity contribution in [2.75, 3.05) is 13.1 Å². The van der Waals surface area contributed by atoms with Crippen LogP contribution in [0.5, 0.6) is 0 Å². The molecule has 108 valence electrons. The van der Waals surface area contributed by atoms with Gasteiger partial charge in [-0.05, 0) is 30.0 Å². The van der Waals surface area contributed by atoms with Crippen molar-refractivity contribution in [1.29, 1.82) is 0 Å². The maximum atomic E-state index is 5.75. The van der Waals surface area contributed by atoms with Crippen molar-refractivity contribution in [3.05, 3.63) is 35.4 Å². The molecule has 1 aliphatic heterocycles. The lowest BCUT2D eigenvalue weighted by Gasteiger charge is -2.16. The molecule has 0 aliphatic carbocycles. The fraction of sp³-hybridized carbons (Fsp3) is 0.600. The second kappa shape index (κ2) is 8.54. The second-order valence-corrected chi connectivity index (χ2v) is 5.21. The van der Waals surface area contributed by atoms with Gasteiger partial charge in [0.2, 0.25) is 0 Å². The van der Waals surface area contributed by atoms with Gasteiger partial charge in [-0.2, -0.15) is 0 Å². The Kier molecular flexibility index (Phi) is 7.39. The molecule has 1 aliphatic rings. The Balaban J connectivity index is 0.00000180. The molecule has 0 fully saturated rings. The molecule has 3 nitrogen and oxygen atoms in total. The van der Waals surface area contributed by atoms with Crippen molar-refractivity contribution >= 4 is 12.4 Å². The van der Waals surface area contributed by atoms with Gasteiger partial charge in [0.15, 0.2) is 6.29 Å². The van der Waals surface area contributed by atoms with Crippen LogP contribution in [0.3, 0.4) is 0 Å². The van der Waals surface area contributed by atoms with E-state index in [1.54, 1.807) is 0 Å². The SMILES string of the molecule is CC(C)CCNCC1OCc2ccccc2CO1.Cl. The summed E-state index contributed by atoms with van der Waals surface area (Å²) in [7, 11) is 0. The predicted octanol–water partition coefficient (Wildman–Crippen LogP) is 3.12. The number of nitrogens with one attached hydrogen (secondary N) is 1. The van der Waals surface area contributed by atoms with Crippen LogP contribution in [0.4, 0.5) is 0 Å². The van der Waals surface area contributed by atoms with Gasteiger partial charge in [-0.25, -0.2) is 0 Å². The van der Waals surface area contributed by atoms with Crippen molar-refractivity contribution in [3.63, 3.8) is 0 Å². The summed E-state index contributed by atoms with van der Waals surface area (Å²) >= 11 is 0. The Bertz CT molecular complexity index is 344. The molecule has 1 heterocycles. The van der Waals surface area contributed by atoms with E-state index in [-0.39, 0.29) is 18.7 Å². The van der Waals surface area contributed by atoms with Gasteiger partial charge in [0.25, 0.3) is 0 Å². The van der Waals surface area contributed by atoms with E-state index in [1.807, 2.05) is 12.1 Å². The number of rotatable bonds is 5. The molecule has 1 N–H and O–H groups in total. The summed E-state index contributed by atoms with van der Waals surface area (Å²) in [5.74, 6) is 0.734. The molecule has 0 bridgehead atoms. The number of hydrogen-bond donors (Lipinski definition) is 1. The summed E-state index contributed by atoms with van der Waals surface area (Å²) < 4.78 is 11.5. The minimum absolute atomic E-state index is 0. The summed E-state index contributed by atoms with van der Waals surface area (Å²) in [6, 6.07) is 8.30. The molecule has 1 aromatic carbocycles. The molecule has 0 amide bonds. The van der Waals surface area contributed by atoms with E-state index < -0.39 is 0 Å². The Morgan fingerprint density at radius 3 is 2.26 bits per heavy atom. The van der Waals surface area contributed by atoms with E-state index in [0.717, 1.165) is 19.0 Å². The van der Waals surface area contributed by atoms with Crippen LogP contribution in [-0.4, -0.2) is 19.4 Å². The number of halogens is 1. The van der Waals surface area contributed by atoms with Crippen molar-refractivity contribution in [1.82, 2.24) is 5.32 Å². The Hall–Kier alpha value is -0.610. The molecule has 2 rings (SSSR count). The molecule has 0 atom stereocenters. The average molecular weight is 286 g/mol. The third-order valence-electron chi connectivity index (χ3n) is 3.18. The number of ether oxygens (including phenoxy) is 2. The fourth-order valence-corrected chi connectivity index (χ4v) is 1.98. The predicted molar refractivity (Wildman–Crippen MR) is 79.4 cm³/mol. The smallest absolute Gasteiger partial charge is 0.170 e. The van der Waals surface area contributed by atoms with Gasteiger partial charge in [0, 0.05) is 6.54 Å². The molecule has 0 spiro atoms. The van der Waals surface area contributed by atoms with Gasteiger partial charge in [-0.1, -0.05) is 38.1 Å². The highest BCUT2D eigenvalue weighted by Crippen LogP contribution is 2.17. The Morgan fingerprint density at radius 2 is 1.74 bits per heavy atom. The molecular formula is C15H24ClNO2. The highest BCUT2D eigenvalue weighted by molar-refractivity contribution is 5.85. The summed E-state index contributed by atoms with van der Waals surface area (Å²) in [4.78, 5) is 0. The second-order valence-electron chi connectivity index (χ2n) is 5.21. The van der Waals surface area contributed by atoms with Crippen LogP contribution in [0.25, 0.3) is 0 Å². The van der Waals surface area contributed by atoms with Crippen LogP contribution in [0, 0.1) is 5.92 Å². The normalized spacial score (nSPS) is 15.7. The van der Waals surface area contributed by atoms with Crippen LogP contribution in [0.1, 0.15) is 31.4 Å². The monoisotopic (exact) mass is 285 g/mol. The van der Waals surface area contributed by atoms with Gasteiger partial charge in [0.1, 0.15) is 0 Å². The van der Waals surface area contributed by atoms with E-state index in [0.29, 0.717) is 13.2 Å². The molecule has 1 aromatic rings. The first kappa shape index (κ1) is 16.4. The van der Waals surface area contributed by atoms with Crippen LogP contribution >= 0.6 is 12.4 Å². The molecule has 0 unspecified atom stereocenters. The van der Waals surface area contributed by atoms with E-state index >= 15 is 0 Å². The first-order valence-electron chi connectivity index (χ1n) is 6.76. The average Bonchev–Trinajstić information content (AvgIpc) is 2.57. The van der Waals surface area contributed by atoms with Crippen LogP contribution in [0.2, 0.25) is 0 Å². The molecule has 4 heteroatoms. The van der Waals surface area contributed by atoms with Crippen molar-refractivity contribution in [2.45, 2.75) is 39.8 Å². The summed E-state index contributed by atoms with van der Waals surface area (Å²) in [5.41, 5.74) is 2.48. The number of fused-ring (bicyclic) bond motifs is 1. The summed E-state index contributed by atoms with van der Waals surface area (Å²) in [5, 5.41) is 3.39. The maximum absolute atomic E-state index is 5.75. The molecular weight excluding hydrogens is 262 g/mol. The third kappa shape index (κ3) is 5.49. The topological polar surface area (TPSA) is 30.5 Å².